The van der Waals surface area contributed by atoms with Gasteiger partial charge in [-0.3, -0.25) is 14.6 Å². The number of aliphatic imine (C=N–C) groups is 1. The van der Waals surface area contributed by atoms with E-state index in [1.165, 1.54) is 68.9 Å². The molecule has 2 saturated carbocycles. The number of aromatic nitrogens is 2. The molecule has 0 radical (unpaired) electrons. The largest absolute Gasteiger partial charge is 0.444 e. The molecule has 4 atom stereocenters. The van der Waals surface area contributed by atoms with E-state index < -0.39 is 17.7 Å². The van der Waals surface area contributed by atoms with Gasteiger partial charge < -0.3 is 35.5 Å². The molecule has 12 heteroatoms. The second-order valence-electron chi connectivity index (χ2n) is 19.6. The molecule has 6 aliphatic rings. The minimum absolute atomic E-state index is 0.0850. The average molecular weight is 797 g/mol. The molecule has 3 aliphatic heterocycles. The Morgan fingerprint density at radius 2 is 1.67 bits per heavy atom. The third-order valence-electron chi connectivity index (χ3n) is 14.4. The number of amidine groups is 1. The molecule has 1 spiro atoms. The SMILES string of the molecule is CNCC(=O)N1CCC[C@H]1C1=NCC(C2CCC(c3ccc(-c4cnc(C5CCCN5C(=O)C(NC(=O)OC(C)(C)C)C(C)C)[nH]4)c4c3C3(CCCC3)CC4)CC2)N1. The molecule has 8 rings (SSSR count). The summed E-state index contributed by atoms with van der Waals surface area (Å²) < 4.78 is 5.52. The van der Waals surface area contributed by atoms with E-state index in [1.54, 1.807) is 11.1 Å². The fourth-order valence-corrected chi connectivity index (χ4v) is 11.7. The number of hydrogen-bond donors (Lipinski definition) is 4. The zero-order valence-corrected chi connectivity index (χ0v) is 35.9. The third-order valence-corrected chi connectivity index (χ3v) is 14.4. The number of ether oxygens (including phenoxy) is 1. The Labute approximate surface area is 345 Å². The van der Waals surface area contributed by atoms with Crippen molar-refractivity contribution in [3.8, 4) is 11.3 Å². The van der Waals surface area contributed by atoms with Crippen molar-refractivity contribution in [1.82, 2.24) is 35.7 Å². The molecule has 1 aromatic carbocycles. The topological polar surface area (TPSA) is 144 Å². The van der Waals surface area contributed by atoms with E-state index in [0.717, 1.165) is 62.5 Å². The van der Waals surface area contributed by atoms with Gasteiger partial charge in [-0.25, -0.2) is 9.78 Å². The van der Waals surface area contributed by atoms with Crippen LogP contribution in [-0.2, 0) is 26.2 Å². The van der Waals surface area contributed by atoms with Gasteiger partial charge in [-0.05, 0) is 145 Å². The lowest BCUT2D eigenvalue weighted by Crippen LogP contribution is -2.52. The van der Waals surface area contributed by atoms with E-state index in [4.69, 9.17) is 14.7 Å². The second kappa shape index (κ2) is 16.6. The zero-order chi connectivity index (χ0) is 40.8. The summed E-state index contributed by atoms with van der Waals surface area (Å²) in [5, 5.41) is 9.73. The van der Waals surface area contributed by atoms with Gasteiger partial charge in [-0.15, -0.1) is 0 Å². The number of imidazole rings is 1. The third kappa shape index (κ3) is 8.03. The number of H-pyrrole nitrogens is 1. The standard InChI is InChI=1S/C46H68N8O4/c1-28(2)40(52-44(57)58-45(3,4)5)43(56)54-24-10-12-37(54)42-49-26-35(51-42)32-18-17-31(39-33(32)19-22-46(39)20-7-8-21-46)29-13-15-30(16-14-29)34-25-48-41(50-34)36-11-9-23-53(36)38(55)27-47-6/h17-18,26,28-30,34,36-37,40,47H,7-16,19-25,27H2,1-6H3,(H,48,50)(H,49,51)(H,52,57)/t29?,30?,34?,36-,37?,40?/m0/s1. The Morgan fingerprint density at radius 1 is 0.948 bits per heavy atom. The summed E-state index contributed by atoms with van der Waals surface area (Å²) in [6.07, 6.45) is 17.5. The van der Waals surface area contributed by atoms with Crippen LogP contribution in [0, 0.1) is 11.8 Å². The van der Waals surface area contributed by atoms with Gasteiger partial charge in [0, 0.05) is 24.7 Å². The maximum absolute atomic E-state index is 14.0. The molecule has 2 aromatic rings. The van der Waals surface area contributed by atoms with Crippen LogP contribution in [0.5, 0.6) is 0 Å². The molecular formula is C46H68N8O4. The molecule has 3 amide bonds. The van der Waals surface area contributed by atoms with Crippen molar-refractivity contribution < 1.29 is 19.1 Å². The molecule has 1 aromatic heterocycles. The van der Waals surface area contributed by atoms with Crippen LogP contribution < -0.4 is 16.0 Å². The number of nitrogens with zero attached hydrogens (tertiary/aromatic N) is 4. The Kier molecular flexibility index (Phi) is 11.7. The first-order valence-electron chi connectivity index (χ1n) is 22.6. The van der Waals surface area contributed by atoms with Crippen molar-refractivity contribution in [2.24, 2.45) is 16.8 Å². The lowest BCUT2D eigenvalue weighted by molar-refractivity contribution is -0.135. The first-order valence-corrected chi connectivity index (χ1v) is 22.6. The van der Waals surface area contributed by atoms with Crippen molar-refractivity contribution in [3.05, 3.63) is 40.8 Å². The number of carbonyl (C=O) groups is 3. The summed E-state index contributed by atoms with van der Waals surface area (Å²) >= 11 is 0. The van der Waals surface area contributed by atoms with Gasteiger partial charge in [0.05, 0.1) is 37.1 Å². The smallest absolute Gasteiger partial charge is 0.408 e. The van der Waals surface area contributed by atoms with Crippen molar-refractivity contribution in [2.75, 3.05) is 33.2 Å². The van der Waals surface area contributed by atoms with Crippen LogP contribution in [0.3, 0.4) is 0 Å². The van der Waals surface area contributed by atoms with Crippen LogP contribution in [0.15, 0.2) is 23.3 Å². The van der Waals surface area contributed by atoms with Crippen molar-refractivity contribution in [3.63, 3.8) is 0 Å². The highest BCUT2D eigenvalue weighted by Gasteiger charge is 2.46. The molecule has 4 fully saturated rings. The van der Waals surface area contributed by atoms with Crippen LogP contribution in [0.25, 0.3) is 11.3 Å². The zero-order valence-electron chi connectivity index (χ0n) is 35.9. The molecule has 316 valence electrons. The van der Waals surface area contributed by atoms with Gasteiger partial charge in [-0.2, -0.15) is 0 Å². The highest BCUT2D eigenvalue weighted by molar-refractivity contribution is 5.93. The molecule has 4 N–H and O–H groups in total. The molecule has 3 unspecified atom stereocenters. The number of fused-ring (bicyclic) bond motifs is 2. The van der Waals surface area contributed by atoms with E-state index in [2.05, 4.69) is 33.1 Å². The number of amides is 3. The fourth-order valence-electron chi connectivity index (χ4n) is 11.7. The predicted octanol–water partition coefficient (Wildman–Crippen LogP) is 6.90. The van der Waals surface area contributed by atoms with Crippen LogP contribution in [0.2, 0.25) is 0 Å². The Hall–Kier alpha value is -3.93. The quantitative estimate of drug-likeness (QED) is 0.205. The van der Waals surface area contributed by atoms with Gasteiger partial charge in [-0.1, -0.05) is 38.8 Å². The monoisotopic (exact) mass is 797 g/mol. The van der Waals surface area contributed by atoms with Crippen LogP contribution >= 0.6 is 0 Å². The number of aromatic amines is 1. The summed E-state index contributed by atoms with van der Waals surface area (Å²) in [6, 6.07) is 4.45. The number of alkyl carbamates (subject to hydrolysis) is 1. The van der Waals surface area contributed by atoms with Crippen LogP contribution in [0.4, 0.5) is 4.79 Å². The number of carbonyl (C=O) groups excluding carboxylic acids is 3. The van der Waals surface area contributed by atoms with Crippen LogP contribution in [-0.4, -0.2) is 100 Å². The number of benzene rings is 1. The fraction of sp³-hybridized carbons (Fsp3) is 0.717. The molecule has 3 aliphatic carbocycles. The number of rotatable bonds is 10. The average Bonchev–Trinajstić information content (AvgIpc) is 4.04. The minimum Gasteiger partial charge on any atom is -0.444 e. The Bertz CT molecular complexity index is 1870. The summed E-state index contributed by atoms with van der Waals surface area (Å²) in [5.74, 6) is 3.02. The summed E-state index contributed by atoms with van der Waals surface area (Å²) in [5.41, 5.74) is 6.72. The second-order valence-corrected chi connectivity index (χ2v) is 19.6. The lowest BCUT2D eigenvalue weighted by Gasteiger charge is -2.36. The van der Waals surface area contributed by atoms with Gasteiger partial charge in [0.15, 0.2) is 0 Å². The highest BCUT2D eigenvalue weighted by atomic mass is 16.6. The molecule has 0 bridgehead atoms. The summed E-state index contributed by atoms with van der Waals surface area (Å²) in [4.78, 5) is 57.2. The lowest BCUT2D eigenvalue weighted by atomic mass is 9.70. The number of hydrogen-bond acceptors (Lipinski definition) is 8. The maximum Gasteiger partial charge on any atom is 0.408 e. The van der Waals surface area contributed by atoms with Gasteiger partial charge >= 0.3 is 6.09 Å². The summed E-state index contributed by atoms with van der Waals surface area (Å²) in [6.45, 7) is 12.1. The number of likely N-dealkylation sites (N-methyl/N-ethyl adjacent to an activating group) is 1. The van der Waals surface area contributed by atoms with Crippen molar-refractivity contribution >= 4 is 23.7 Å². The molecular weight excluding hydrogens is 729 g/mol. The molecule has 58 heavy (non-hydrogen) atoms. The first kappa shape index (κ1) is 40.8. The van der Waals surface area contributed by atoms with Gasteiger partial charge in [0.25, 0.3) is 0 Å². The maximum atomic E-state index is 14.0. The normalized spacial score (nSPS) is 27.2. The highest BCUT2D eigenvalue weighted by Crippen LogP contribution is 2.56. The van der Waals surface area contributed by atoms with E-state index in [9.17, 15) is 14.4 Å². The molecule has 4 heterocycles. The number of nitrogens with one attached hydrogen (secondary N) is 4. The molecule has 2 saturated heterocycles. The van der Waals surface area contributed by atoms with E-state index in [0.29, 0.717) is 31.0 Å². The van der Waals surface area contributed by atoms with Gasteiger partial charge in [0.2, 0.25) is 11.8 Å². The van der Waals surface area contributed by atoms with Crippen LogP contribution in [0.1, 0.15) is 153 Å². The van der Waals surface area contributed by atoms with E-state index in [1.807, 2.05) is 57.7 Å². The Balaban J connectivity index is 0.968. The van der Waals surface area contributed by atoms with Crippen molar-refractivity contribution in [2.45, 2.75) is 166 Å². The minimum atomic E-state index is -0.679. The van der Waals surface area contributed by atoms with Gasteiger partial charge in [0.1, 0.15) is 23.3 Å². The van der Waals surface area contributed by atoms with E-state index >= 15 is 0 Å². The van der Waals surface area contributed by atoms with Crippen molar-refractivity contribution in [1.29, 1.82) is 0 Å². The molecule has 12 nitrogen and oxygen atoms in total. The number of likely N-dealkylation sites (tertiary alicyclic amines) is 2. The summed E-state index contributed by atoms with van der Waals surface area (Å²) in [7, 11) is 1.83. The predicted molar refractivity (Wildman–Crippen MR) is 227 cm³/mol. The van der Waals surface area contributed by atoms with E-state index in [-0.39, 0.29) is 35.2 Å². The first-order chi connectivity index (χ1) is 27.9. The Morgan fingerprint density at radius 3 is 2.38 bits per heavy atom.